The maximum Gasteiger partial charge on any atom is 0.303 e. The SMILES string of the molecule is O=C(O)CCCCCN1C[C@H]2[C@@H](C1=O)[C@H]1C=C[C@H]2C1. The van der Waals surface area contributed by atoms with Crippen molar-refractivity contribution in [3.8, 4) is 0 Å². The minimum atomic E-state index is -0.727. The van der Waals surface area contributed by atoms with E-state index in [4.69, 9.17) is 5.11 Å². The molecular weight excluding hydrogens is 242 g/mol. The zero-order valence-electron chi connectivity index (χ0n) is 11.1. The van der Waals surface area contributed by atoms with Gasteiger partial charge in [0.1, 0.15) is 0 Å². The van der Waals surface area contributed by atoms with Crippen LogP contribution >= 0.6 is 0 Å². The molecule has 0 unspecified atom stereocenters. The summed E-state index contributed by atoms with van der Waals surface area (Å²) in [6.07, 6.45) is 8.52. The van der Waals surface area contributed by atoms with Gasteiger partial charge in [-0.15, -0.1) is 0 Å². The van der Waals surface area contributed by atoms with Crippen molar-refractivity contribution in [2.24, 2.45) is 23.7 Å². The van der Waals surface area contributed by atoms with Crippen LogP contribution in [0.3, 0.4) is 0 Å². The monoisotopic (exact) mass is 263 g/mol. The zero-order valence-corrected chi connectivity index (χ0v) is 11.1. The third-order valence-corrected chi connectivity index (χ3v) is 4.97. The van der Waals surface area contributed by atoms with Crippen LogP contribution < -0.4 is 0 Å². The molecule has 1 saturated carbocycles. The lowest BCUT2D eigenvalue weighted by Crippen LogP contribution is -2.30. The van der Waals surface area contributed by atoms with Crippen LogP contribution in [0.15, 0.2) is 12.2 Å². The Hall–Kier alpha value is -1.32. The Morgan fingerprint density at radius 1 is 1.26 bits per heavy atom. The Balaban J connectivity index is 1.44. The molecule has 2 aliphatic carbocycles. The van der Waals surface area contributed by atoms with E-state index in [1.54, 1.807) is 0 Å². The van der Waals surface area contributed by atoms with Crippen molar-refractivity contribution in [3.63, 3.8) is 0 Å². The Labute approximate surface area is 113 Å². The highest BCUT2D eigenvalue weighted by molar-refractivity contribution is 5.83. The molecule has 3 aliphatic rings. The van der Waals surface area contributed by atoms with Crippen LogP contribution in [0.2, 0.25) is 0 Å². The molecule has 0 aromatic heterocycles. The van der Waals surface area contributed by atoms with E-state index in [-0.39, 0.29) is 12.3 Å². The van der Waals surface area contributed by atoms with Gasteiger partial charge in [-0.1, -0.05) is 18.6 Å². The van der Waals surface area contributed by atoms with Gasteiger partial charge in [0.15, 0.2) is 0 Å². The predicted octanol–water partition coefficient (Wildman–Crippen LogP) is 1.91. The van der Waals surface area contributed by atoms with Crippen LogP contribution in [-0.4, -0.2) is 35.0 Å². The number of rotatable bonds is 6. The number of hydrogen-bond acceptors (Lipinski definition) is 2. The number of fused-ring (bicyclic) bond motifs is 5. The number of nitrogens with zero attached hydrogens (tertiary/aromatic N) is 1. The van der Waals surface area contributed by atoms with Crippen LogP contribution in [0.4, 0.5) is 0 Å². The van der Waals surface area contributed by atoms with E-state index < -0.39 is 5.97 Å². The van der Waals surface area contributed by atoms with Gasteiger partial charge in [-0.2, -0.15) is 0 Å². The molecule has 1 aliphatic heterocycles. The predicted molar refractivity (Wildman–Crippen MR) is 70.4 cm³/mol. The molecule has 1 amide bonds. The number of unbranched alkanes of at least 4 members (excludes halogenated alkanes) is 2. The Kier molecular flexibility index (Phi) is 3.33. The molecule has 3 rings (SSSR count). The van der Waals surface area contributed by atoms with Gasteiger partial charge in [-0.05, 0) is 37.0 Å². The smallest absolute Gasteiger partial charge is 0.303 e. The summed E-state index contributed by atoms with van der Waals surface area (Å²) < 4.78 is 0. The second kappa shape index (κ2) is 4.99. The lowest BCUT2D eigenvalue weighted by Gasteiger charge is -2.18. The molecule has 0 aromatic rings. The number of amides is 1. The number of carboxylic acids is 1. The quantitative estimate of drug-likeness (QED) is 0.588. The van der Waals surface area contributed by atoms with Gasteiger partial charge in [-0.25, -0.2) is 0 Å². The summed E-state index contributed by atoms with van der Waals surface area (Å²) in [7, 11) is 0. The minimum absolute atomic E-state index is 0.243. The standard InChI is InChI=1S/C15H21NO3/c17-13(18)4-2-1-3-7-16-9-12-10-5-6-11(8-10)14(12)15(16)19/h5-6,10-12,14H,1-4,7-9H2,(H,17,18)/t10-,11-,12+,14-/m0/s1. The van der Waals surface area contributed by atoms with Crippen molar-refractivity contribution in [3.05, 3.63) is 12.2 Å². The second-order valence-electron chi connectivity index (χ2n) is 6.13. The van der Waals surface area contributed by atoms with Crippen molar-refractivity contribution < 1.29 is 14.7 Å². The van der Waals surface area contributed by atoms with Crippen molar-refractivity contribution >= 4 is 11.9 Å². The van der Waals surface area contributed by atoms with E-state index in [0.29, 0.717) is 23.7 Å². The molecule has 4 heteroatoms. The van der Waals surface area contributed by atoms with Crippen LogP contribution in [0.1, 0.15) is 32.1 Å². The van der Waals surface area contributed by atoms with Crippen molar-refractivity contribution in [1.29, 1.82) is 0 Å². The van der Waals surface area contributed by atoms with Gasteiger partial charge in [0.2, 0.25) is 5.91 Å². The number of likely N-dealkylation sites (tertiary alicyclic amines) is 1. The molecule has 4 nitrogen and oxygen atoms in total. The molecule has 0 radical (unpaired) electrons. The van der Waals surface area contributed by atoms with Crippen molar-refractivity contribution in [2.75, 3.05) is 13.1 Å². The van der Waals surface area contributed by atoms with Crippen molar-refractivity contribution in [1.82, 2.24) is 4.90 Å². The largest absolute Gasteiger partial charge is 0.481 e. The summed E-state index contributed by atoms with van der Waals surface area (Å²) >= 11 is 0. The molecule has 104 valence electrons. The number of hydrogen-bond donors (Lipinski definition) is 1. The normalized spacial score (nSPS) is 35.2. The summed E-state index contributed by atoms with van der Waals surface area (Å²) in [5.74, 6) is 1.57. The van der Waals surface area contributed by atoms with Crippen LogP contribution in [0, 0.1) is 23.7 Å². The highest BCUT2D eigenvalue weighted by atomic mass is 16.4. The first-order valence-electron chi connectivity index (χ1n) is 7.35. The fourth-order valence-corrected chi connectivity index (χ4v) is 4.05. The highest BCUT2D eigenvalue weighted by Gasteiger charge is 2.53. The number of carboxylic acid groups (broad SMARTS) is 1. The van der Waals surface area contributed by atoms with Gasteiger partial charge in [-0.3, -0.25) is 9.59 Å². The van der Waals surface area contributed by atoms with Gasteiger partial charge < -0.3 is 10.0 Å². The van der Waals surface area contributed by atoms with E-state index in [1.165, 1.54) is 6.42 Å². The Bertz CT molecular complexity index is 418. The number of carbonyl (C=O) groups excluding carboxylic acids is 1. The molecule has 2 bridgehead atoms. The molecular formula is C15H21NO3. The summed E-state index contributed by atoms with van der Waals surface area (Å²) in [5, 5.41) is 8.57. The second-order valence-corrected chi connectivity index (χ2v) is 6.13. The Morgan fingerprint density at radius 2 is 2.05 bits per heavy atom. The molecule has 4 atom stereocenters. The van der Waals surface area contributed by atoms with E-state index in [9.17, 15) is 9.59 Å². The average Bonchev–Trinajstić information content (AvgIpc) is 3.02. The first-order chi connectivity index (χ1) is 9.16. The fourth-order valence-electron chi connectivity index (χ4n) is 4.05. The average molecular weight is 263 g/mol. The molecule has 0 spiro atoms. The third kappa shape index (κ3) is 2.28. The molecule has 19 heavy (non-hydrogen) atoms. The molecule has 0 aromatic carbocycles. The number of allylic oxidation sites excluding steroid dienone is 2. The van der Waals surface area contributed by atoms with Gasteiger partial charge in [0.05, 0.1) is 0 Å². The van der Waals surface area contributed by atoms with E-state index in [1.807, 2.05) is 4.90 Å². The summed E-state index contributed by atoms with van der Waals surface area (Å²) in [4.78, 5) is 24.8. The molecule has 2 fully saturated rings. The third-order valence-electron chi connectivity index (χ3n) is 4.97. The van der Waals surface area contributed by atoms with Gasteiger partial charge >= 0.3 is 5.97 Å². The Morgan fingerprint density at radius 3 is 2.79 bits per heavy atom. The summed E-state index contributed by atoms with van der Waals surface area (Å²) in [6, 6.07) is 0. The van der Waals surface area contributed by atoms with E-state index in [2.05, 4.69) is 12.2 Å². The van der Waals surface area contributed by atoms with Crippen LogP contribution in [-0.2, 0) is 9.59 Å². The highest BCUT2D eigenvalue weighted by Crippen LogP contribution is 2.51. The molecule has 1 saturated heterocycles. The van der Waals surface area contributed by atoms with Crippen LogP contribution in [0.25, 0.3) is 0 Å². The van der Waals surface area contributed by atoms with Gasteiger partial charge in [0, 0.05) is 25.4 Å². The zero-order chi connectivity index (χ0) is 13.4. The summed E-state index contributed by atoms with van der Waals surface area (Å²) in [6.45, 7) is 1.73. The first-order valence-corrected chi connectivity index (χ1v) is 7.35. The lowest BCUT2D eigenvalue weighted by molar-refractivity contribution is -0.137. The fraction of sp³-hybridized carbons (Fsp3) is 0.733. The molecule has 1 heterocycles. The lowest BCUT2D eigenvalue weighted by atomic mass is 9.86. The van der Waals surface area contributed by atoms with E-state index >= 15 is 0 Å². The topological polar surface area (TPSA) is 57.6 Å². The number of aliphatic carboxylic acids is 1. The van der Waals surface area contributed by atoms with Crippen molar-refractivity contribution in [2.45, 2.75) is 32.1 Å². The minimum Gasteiger partial charge on any atom is -0.481 e. The van der Waals surface area contributed by atoms with E-state index in [0.717, 1.165) is 32.4 Å². The maximum atomic E-state index is 12.3. The van der Waals surface area contributed by atoms with Crippen LogP contribution in [0.5, 0.6) is 0 Å². The number of carbonyl (C=O) groups is 2. The maximum absolute atomic E-state index is 12.3. The molecule has 1 N–H and O–H groups in total. The summed E-state index contributed by atoms with van der Waals surface area (Å²) in [5.41, 5.74) is 0. The van der Waals surface area contributed by atoms with Gasteiger partial charge in [0.25, 0.3) is 0 Å². The first kappa shape index (κ1) is 12.7.